The van der Waals surface area contributed by atoms with Crippen LogP contribution in [0.4, 0.5) is 0 Å². The van der Waals surface area contributed by atoms with E-state index >= 15 is 0 Å². The molecule has 29 heavy (non-hydrogen) atoms. The van der Waals surface area contributed by atoms with Crippen molar-refractivity contribution in [3.8, 4) is 5.88 Å². The predicted molar refractivity (Wildman–Crippen MR) is 109 cm³/mol. The summed E-state index contributed by atoms with van der Waals surface area (Å²) in [5, 5.41) is 2.88. The summed E-state index contributed by atoms with van der Waals surface area (Å²) in [6.07, 6.45) is 9.10. The number of H-pyrrole nitrogens is 1. The Morgan fingerprint density at radius 3 is 2.69 bits per heavy atom. The first-order valence-corrected chi connectivity index (χ1v) is 9.91. The van der Waals surface area contributed by atoms with Crippen LogP contribution in [0.1, 0.15) is 34.5 Å². The van der Waals surface area contributed by atoms with Crippen molar-refractivity contribution in [1.82, 2.24) is 25.2 Å². The fraction of sp³-hybridized carbons (Fsp3) is 0.318. The van der Waals surface area contributed by atoms with Gasteiger partial charge < -0.3 is 15.0 Å². The Hall–Kier alpha value is -3.19. The lowest BCUT2D eigenvalue weighted by atomic mass is 10.1. The normalized spacial score (nSPS) is 15.2. The molecule has 1 saturated heterocycles. The zero-order valence-corrected chi connectivity index (χ0v) is 16.3. The zero-order chi connectivity index (χ0) is 19.9. The number of hydrogen-bond acceptors (Lipinski definition) is 5. The number of carbonyl (C=O) groups excluding carboxylic acids is 1. The highest BCUT2D eigenvalue weighted by Gasteiger charge is 2.21. The molecule has 0 unspecified atom stereocenters. The lowest BCUT2D eigenvalue weighted by molar-refractivity contribution is 0.0926. The van der Waals surface area contributed by atoms with Gasteiger partial charge in [0, 0.05) is 68.3 Å². The van der Waals surface area contributed by atoms with E-state index < -0.39 is 0 Å². The number of nitrogens with zero attached hydrogens (tertiary/aromatic N) is 3. The molecule has 7 nitrogen and oxygen atoms in total. The molecule has 0 aliphatic carbocycles. The summed E-state index contributed by atoms with van der Waals surface area (Å²) in [5.74, 6) is 0.510. The maximum Gasteiger partial charge on any atom is 0.251 e. The van der Waals surface area contributed by atoms with Crippen LogP contribution in [0.5, 0.6) is 5.88 Å². The first kappa shape index (κ1) is 19.1. The van der Waals surface area contributed by atoms with Crippen LogP contribution in [-0.4, -0.2) is 45.0 Å². The van der Waals surface area contributed by atoms with Gasteiger partial charge in [-0.2, -0.15) is 0 Å². The Morgan fingerprint density at radius 1 is 1.17 bits per heavy atom. The first-order chi connectivity index (χ1) is 14.3. The highest BCUT2D eigenvalue weighted by atomic mass is 16.5. The third-order valence-electron chi connectivity index (χ3n) is 5.07. The van der Waals surface area contributed by atoms with Crippen LogP contribution in [0.25, 0.3) is 0 Å². The number of aromatic amines is 1. The SMILES string of the molecule is O=C(NCc1ccc(OC2CCN(Cc3ccc[nH]3)CC2)nc1)c1ccncc1. The van der Waals surface area contributed by atoms with Gasteiger partial charge in [0.05, 0.1) is 0 Å². The molecular formula is C22H25N5O2. The predicted octanol–water partition coefficient (Wildman–Crippen LogP) is 2.78. The van der Waals surface area contributed by atoms with E-state index in [4.69, 9.17) is 4.74 Å². The molecule has 0 saturated carbocycles. The summed E-state index contributed by atoms with van der Waals surface area (Å²) < 4.78 is 6.05. The zero-order valence-electron chi connectivity index (χ0n) is 16.3. The largest absolute Gasteiger partial charge is 0.474 e. The molecule has 0 spiro atoms. The van der Waals surface area contributed by atoms with Gasteiger partial charge in [-0.15, -0.1) is 0 Å². The maximum absolute atomic E-state index is 12.1. The second-order valence-electron chi connectivity index (χ2n) is 7.21. The number of likely N-dealkylation sites (tertiary alicyclic amines) is 1. The molecule has 2 N–H and O–H groups in total. The summed E-state index contributed by atoms with van der Waals surface area (Å²) in [5.41, 5.74) is 2.77. The number of carbonyl (C=O) groups is 1. The summed E-state index contributed by atoms with van der Waals surface area (Å²) >= 11 is 0. The van der Waals surface area contributed by atoms with E-state index in [0.29, 0.717) is 18.0 Å². The number of amides is 1. The second-order valence-corrected chi connectivity index (χ2v) is 7.21. The lowest BCUT2D eigenvalue weighted by Crippen LogP contribution is -2.38. The molecule has 4 heterocycles. The molecule has 4 rings (SSSR count). The number of aromatic nitrogens is 3. The van der Waals surface area contributed by atoms with E-state index in [1.807, 2.05) is 24.4 Å². The smallest absolute Gasteiger partial charge is 0.251 e. The highest BCUT2D eigenvalue weighted by Crippen LogP contribution is 2.18. The number of rotatable bonds is 7. The summed E-state index contributed by atoms with van der Waals surface area (Å²) in [7, 11) is 0. The maximum atomic E-state index is 12.1. The Labute approximate surface area is 170 Å². The third kappa shape index (κ3) is 5.42. The van der Waals surface area contributed by atoms with E-state index in [-0.39, 0.29) is 12.0 Å². The minimum absolute atomic E-state index is 0.126. The average Bonchev–Trinajstić information content (AvgIpc) is 3.28. The number of nitrogens with one attached hydrogen (secondary N) is 2. The molecule has 3 aromatic rings. The number of pyridine rings is 2. The van der Waals surface area contributed by atoms with Crippen molar-refractivity contribution in [3.05, 3.63) is 78.0 Å². The monoisotopic (exact) mass is 391 g/mol. The molecule has 0 aromatic carbocycles. The molecule has 1 aliphatic heterocycles. The summed E-state index contributed by atoms with van der Waals surface area (Å²) in [6, 6.07) is 11.3. The standard InChI is InChI=1S/C22H25N5O2/c28-22(18-5-10-23-11-6-18)26-15-17-3-4-21(25-14-17)29-20-7-12-27(13-8-20)16-19-2-1-9-24-19/h1-6,9-11,14,20,24H,7-8,12-13,15-16H2,(H,26,28). The van der Waals surface area contributed by atoms with Crippen LogP contribution >= 0.6 is 0 Å². The molecule has 0 atom stereocenters. The molecule has 1 fully saturated rings. The van der Waals surface area contributed by atoms with Crippen molar-refractivity contribution in [3.63, 3.8) is 0 Å². The Balaban J connectivity index is 1.21. The number of ether oxygens (including phenoxy) is 1. The number of piperidine rings is 1. The van der Waals surface area contributed by atoms with E-state index in [1.165, 1.54) is 5.69 Å². The van der Waals surface area contributed by atoms with Gasteiger partial charge >= 0.3 is 0 Å². The second kappa shape index (κ2) is 9.34. The van der Waals surface area contributed by atoms with Gasteiger partial charge in [-0.1, -0.05) is 6.07 Å². The Bertz CT molecular complexity index is 889. The van der Waals surface area contributed by atoms with E-state index in [1.54, 1.807) is 30.7 Å². The molecule has 150 valence electrons. The quantitative estimate of drug-likeness (QED) is 0.647. The minimum atomic E-state index is -0.126. The molecule has 7 heteroatoms. The fourth-order valence-corrected chi connectivity index (χ4v) is 3.44. The van der Waals surface area contributed by atoms with Gasteiger partial charge in [0.2, 0.25) is 5.88 Å². The van der Waals surface area contributed by atoms with Crippen molar-refractivity contribution in [2.45, 2.75) is 32.0 Å². The van der Waals surface area contributed by atoms with Crippen molar-refractivity contribution in [1.29, 1.82) is 0 Å². The molecule has 3 aromatic heterocycles. The van der Waals surface area contributed by atoms with Crippen molar-refractivity contribution in [2.24, 2.45) is 0 Å². The number of hydrogen-bond donors (Lipinski definition) is 2. The highest BCUT2D eigenvalue weighted by molar-refractivity contribution is 5.93. The molecule has 1 aliphatic rings. The third-order valence-corrected chi connectivity index (χ3v) is 5.07. The van der Waals surface area contributed by atoms with Crippen LogP contribution in [-0.2, 0) is 13.1 Å². The van der Waals surface area contributed by atoms with Gasteiger partial charge in [-0.05, 0) is 42.7 Å². The van der Waals surface area contributed by atoms with Gasteiger partial charge in [0.1, 0.15) is 6.10 Å². The van der Waals surface area contributed by atoms with Gasteiger partial charge in [0.25, 0.3) is 5.91 Å². The van der Waals surface area contributed by atoms with Crippen LogP contribution in [0.2, 0.25) is 0 Å². The van der Waals surface area contributed by atoms with Crippen LogP contribution in [0, 0.1) is 0 Å². The Morgan fingerprint density at radius 2 is 2.00 bits per heavy atom. The first-order valence-electron chi connectivity index (χ1n) is 9.91. The van der Waals surface area contributed by atoms with Gasteiger partial charge in [0.15, 0.2) is 0 Å². The molecular weight excluding hydrogens is 366 g/mol. The summed E-state index contributed by atoms with van der Waals surface area (Å²) in [6.45, 7) is 3.41. The van der Waals surface area contributed by atoms with Crippen LogP contribution < -0.4 is 10.1 Å². The van der Waals surface area contributed by atoms with Gasteiger partial charge in [-0.25, -0.2) is 4.98 Å². The molecule has 1 amide bonds. The molecule has 0 bridgehead atoms. The average molecular weight is 391 g/mol. The summed E-state index contributed by atoms with van der Waals surface area (Å²) in [4.78, 5) is 26.1. The van der Waals surface area contributed by atoms with Crippen LogP contribution in [0.15, 0.2) is 61.2 Å². The topological polar surface area (TPSA) is 83.1 Å². The lowest BCUT2D eigenvalue weighted by Gasteiger charge is -2.31. The van der Waals surface area contributed by atoms with Crippen LogP contribution in [0.3, 0.4) is 0 Å². The molecule has 0 radical (unpaired) electrons. The Kier molecular flexibility index (Phi) is 6.16. The minimum Gasteiger partial charge on any atom is -0.474 e. The van der Waals surface area contributed by atoms with E-state index in [0.717, 1.165) is 38.0 Å². The van der Waals surface area contributed by atoms with Gasteiger partial charge in [-0.3, -0.25) is 14.7 Å². The van der Waals surface area contributed by atoms with Crippen molar-refractivity contribution < 1.29 is 9.53 Å². The van der Waals surface area contributed by atoms with Crippen molar-refractivity contribution in [2.75, 3.05) is 13.1 Å². The van der Waals surface area contributed by atoms with E-state index in [9.17, 15) is 4.79 Å². The van der Waals surface area contributed by atoms with Crippen molar-refractivity contribution >= 4 is 5.91 Å². The fourth-order valence-electron chi connectivity index (χ4n) is 3.44. The van der Waals surface area contributed by atoms with E-state index in [2.05, 4.69) is 31.2 Å².